The summed E-state index contributed by atoms with van der Waals surface area (Å²) in [6, 6.07) is 0. The molecule has 0 aromatic carbocycles. The lowest BCUT2D eigenvalue weighted by Crippen LogP contribution is -2.66. The normalized spacial score (nSPS) is 55.7. The van der Waals surface area contributed by atoms with Crippen molar-refractivity contribution in [2.45, 2.75) is 95.8 Å². The van der Waals surface area contributed by atoms with Crippen molar-refractivity contribution >= 4 is 5.91 Å². The van der Waals surface area contributed by atoms with Gasteiger partial charge in [-0.3, -0.25) is 4.79 Å². The lowest BCUT2D eigenvalue weighted by molar-refractivity contribution is -0.176. The first kappa shape index (κ1) is 17.5. The molecule has 4 nitrogen and oxygen atoms in total. The van der Waals surface area contributed by atoms with Crippen molar-refractivity contribution in [2.75, 3.05) is 6.54 Å². The molecule has 8 atom stereocenters. The summed E-state index contributed by atoms with van der Waals surface area (Å²) in [7, 11) is 0. The molecule has 1 saturated heterocycles. The van der Waals surface area contributed by atoms with Crippen molar-refractivity contribution in [3.8, 4) is 0 Å². The van der Waals surface area contributed by atoms with E-state index in [9.17, 15) is 15.0 Å². The Kier molecular flexibility index (Phi) is 3.68. The fraction of sp³-hybridized carbons (Fsp3) is 0.955. The molecule has 5 fully saturated rings. The summed E-state index contributed by atoms with van der Waals surface area (Å²) in [6.45, 7) is 4.95. The molecule has 5 aliphatic rings. The smallest absolute Gasteiger partial charge is 0.219 e. The minimum atomic E-state index is -0.248. The zero-order valence-electron chi connectivity index (χ0n) is 16.4. The van der Waals surface area contributed by atoms with E-state index < -0.39 is 0 Å². The maximum atomic E-state index is 12.5. The third kappa shape index (κ3) is 1.91. The lowest BCUT2D eigenvalue weighted by Gasteiger charge is -2.65. The molecule has 5 rings (SSSR count). The molecule has 0 spiro atoms. The minimum Gasteiger partial charge on any atom is -0.393 e. The zero-order chi connectivity index (χ0) is 18.3. The monoisotopic (exact) mass is 361 g/mol. The molecule has 1 aliphatic heterocycles. The number of hydrogen-bond acceptors (Lipinski definition) is 3. The van der Waals surface area contributed by atoms with Crippen LogP contribution < -0.4 is 0 Å². The van der Waals surface area contributed by atoms with Gasteiger partial charge in [0.25, 0.3) is 0 Å². The molecule has 146 valence electrons. The molecule has 0 bridgehead atoms. The molecule has 1 amide bonds. The maximum absolute atomic E-state index is 12.5. The number of hydrogen-bond donors (Lipinski definition) is 2. The Morgan fingerprint density at radius 1 is 0.962 bits per heavy atom. The fourth-order valence-corrected chi connectivity index (χ4v) is 9.03. The molecule has 26 heavy (non-hydrogen) atoms. The Hall–Kier alpha value is -0.610. The number of aliphatic hydroxyl groups is 2. The van der Waals surface area contributed by atoms with Crippen LogP contribution in [0.2, 0.25) is 0 Å². The van der Waals surface area contributed by atoms with E-state index in [1.54, 1.807) is 6.92 Å². The van der Waals surface area contributed by atoms with Crippen molar-refractivity contribution in [3.63, 3.8) is 0 Å². The summed E-state index contributed by atoms with van der Waals surface area (Å²) in [5, 5.41) is 21.2. The van der Waals surface area contributed by atoms with Gasteiger partial charge in [0.1, 0.15) is 0 Å². The third-order valence-electron chi connectivity index (χ3n) is 10.1. The van der Waals surface area contributed by atoms with E-state index in [4.69, 9.17) is 0 Å². The van der Waals surface area contributed by atoms with Crippen LogP contribution in [0.3, 0.4) is 0 Å². The summed E-state index contributed by atoms with van der Waals surface area (Å²) in [5.74, 6) is 2.25. The maximum Gasteiger partial charge on any atom is 0.219 e. The summed E-state index contributed by atoms with van der Waals surface area (Å²) in [6.07, 6.45) is 10.3. The summed E-state index contributed by atoms with van der Waals surface area (Å²) in [4.78, 5) is 14.7. The van der Waals surface area contributed by atoms with Crippen LogP contribution in [0.25, 0.3) is 0 Å². The number of nitrogens with zero attached hydrogens (tertiary/aromatic N) is 1. The van der Waals surface area contributed by atoms with Gasteiger partial charge in [-0.25, -0.2) is 0 Å². The van der Waals surface area contributed by atoms with E-state index in [1.165, 1.54) is 19.3 Å². The van der Waals surface area contributed by atoms with Crippen molar-refractivity contribution in [1.82, 2.24) is 4.90 Å². The van der Waals surface area contributed by atoms with Gasteiger partial charge in [-0.2, -0.15) is 0 Å². The van der Waals surface area contributed by atoms with Crippen LogP contribution in [0.15, 0.2) is 0 Å². The van der Waals surface area contributed by atoms with Gasteiger partial charge in [-0.15, -0.1) is 0 Å². The average Bonchev–Trinajstić information content (AvgIpc) is 3.10. The van der Waals surface area contributed by atoms with Gasteiger partial charge in [0, 0.05) is 13.5 Å². The van der Waals surface area contributed by atoms with Gasteiger partial charge in [0.15, 0.2) is 0 Å². The van der Waals surface area contributed by atoms with Gasteiger partial charge < -0.3 is 15.1 Å². The number of amides is 1. The van der Waals surface area contributed by atoms with E-state index in [0.29, 0.717) is 17.8 Å². The molecule has 4 aliphatic carbocycles. The topological polar surface area (TPSA) is 60.8 Å². The van der Waals surface area contributed by atoms with Crippen molar-refractivity contribution in [2.24, 2.45) is 28.6 Å². The van der Waals surface area contributed by atoms with Crippen molar-refractivity contribution < 1.29 is 15.0 Å². The largest absolute Gasteiger partial charge is 0.393 e. The number of carbonyl (C=O) groups is 1. The van der Waals surface area contributed by atoms with E-state index in [-0.39, 0.29) is 34.5 Å². The second kappa shape index (κ2) is 5.47. The quantitative estimate of drug-likeness (QED) is 0.697. The van der Waals surface area contributed by atoms with Gasteiger partial charge in [0.2, 0.25) is 5.91 Å². The Labute approximate surface area is 157 Å². The van der Waals surface area contributed by atoms with Crippen molar-refractivity contribution in [3.05, 3.63) is 0 Å². The Morgan fingerprint density at radius 3 is 2.54 bits per heavy atom. The molecule has 0 aromatic heterocycles. The highest BCUT2D eigenvalue weighted by Gasteiger charge is 2.70. The highest BCUT2D eigenvalue weighted by molar-refractivity contribution is 5.75. The first-order valence-electron chi connectivity index (χ1n) is 11.0. The molecule has 4 saturated carbocycles. The summed E-state index contributed by atoms with van der Waals surface area (Å²) >= 11 is 0. The molecule has 2 N–H and O–H groups in total. The zero-order valence-corrected chi connectivity index (χ0v) is 16.4. The second-order valence-corrected chi connectivity index (χ2v) is 10.6. The van der Waals surface area contributed by atoms with Crippen LogP contribution in [-0.4, -0.2) is 45.3 Å². The highest BCUT2D eigenvalue weighted by atomic mass is 16.3. The average molecular weight is 362 g/mol. The molecule has 4 heteroatoms. The predicted octanol–water partition coefficient (Wildman–Crippen LogP) is 3.11. The van der Waals surface area contributed by atoms with Crippen LogP contribution in [0.1, 0.15) is 78.1 Å². The fourth-order valence-electron chi connectivity index (χ4n) is 9.03. The summed E-state index contributed by atoms with van der Waals surface area (Å²) in [5.41, 5.74) is 0.239. The molecule has 1 heterocycles. The van der Waals surface area contributed by atoms with E-state index >= 15 is 0 Å². The van der Waals surface area contributed by atoms with Gasteiger partial charge in [0.05, 0.1) is 17.7 Å². The number of carbonyl (C=O) groups excluding carboxylic acids is 1. The van der Waals surface area contributed by atoms with Crippen molar-refractivity contribution in [1.29, 1.82) is 0 Å². The Bertz CT molecular complexity index is 623. The van der Waals surface area contributed by atoms with E-state index in [0.717, 1.165) is 51.5 Å². The first-order valence-corrected chi connectivity index (χ1v) is 11.0. The number of likely N-dealkylation sites (tertiary alicyclic amines) is 1. The van der Waals surface area contributed by atoms with Crippen LogP contribution >= 0.6 is 0 Å². The molecule has 0 radical (unpaired) electrons. The Balaban J connectivity index is 1.56. The second-order valence-electron chi connectivity index (χ2n) is 10.6. The van der Waals surface area contributed by atoms with Gasteiger partial charge in [-0.05, 0) is 92.8 Å². The minimum absolute atomic E-state index is 0.0946. The Morgan fingerprint density at radius 2 is 1.77 bits per heavy atom. The summed E-state index contributed by atoms with van der Waals surface area (Å²) < 4.78 is 0. The highest BCUT2D eigenvalue weighted by Crippen LogP contribution is 2.71. The predicted molar refractivity (Wildman–Crippen MR) is 99.3 cm³/mol. The van der Waals surface area contributed by atoms with Crippen LogP contribution in [0.4, 0.5) is 0 Å². The van der Waals surface area contributed by atoms with Gasteiger partial charge >= 0.3 is 0 Å². The lowest BCUT2D eigenvalue weighted by atomic mass is 9.42. The SMILES string of the molecule is CC(=O)N1CC[C@]23CCC(O)C[C@]12CC[C@@H]1[C@@H]3CC[C@]2(C)C(O)CC[C@@H]12. The molecular weight excluding hydrogens is 326 g/mol. The van der Waals surface area contributed by atoms with Gasteiger partial charge in [-0.1, -0.05) is 6.92 Å². The standard InChI is InChI=1S/C22H35NO3/c1-14(24)23-12-11-21-9-5-15(25)13-22(21,23)10-6-16-17-3-4-19(26)20(17,2)8-7-18(16)21/h15-19,25-26H,3-13H2,1-2H3/t15?,16-,17-,18-,19?,20-,21-,22-/m0/s1. The van der Waals surface area contributed by atoms with Crippen LogP contribution in [0.5, 0.6) is 0 Å². The van der Waals surface area contributed by atoms with E-state index in [1.807, 2.05) is 0 Å². The molecule has 0 aromatic rings. The molecule has 2 unspecified atom stereocenters. The van der Waals surface area contributed by atoms with Crippen LogP contribution in [0, 0.1) is 28.6 Å². The van der Waals surface area contributed by atoms with Crippen LogP contribution in [-0.2, 0) is 4.79 Å². The third-order valence-corrected chi connectivity index (χ3v) is 10.1. The van der Waals surface area contributed by atoms with E-state index in [2.05, 4.69) is 11.8 Å². The number of fused-ring (bicyclic) bond motifs is 3. The number of aliphatic hydroxyl groups excluding tert-OH is 2. The first-order chi connectivity index (χ1) is 12.3. The number of rotatable bonds is 0. The molecular formula is C22H35NO3.